The number of morpholine rings is 1. The third kappa shape index (κ3) is 2.36. The summed E-state index contributed by atoms with van der Waals surface area (Å²) in [6.07, 6.45) is 0. The number of hydrogen-bond donors (Lipinski definition) is 1. The number of aromatic nitrogens is 2. The van der Waals surface area contributed by atoms with Gasteiger partial charge in [-0.3, -0.25) is 9.59 Å². The number of rotatable bonds is 1. The standard InChI is InChI=1S/C11H15N3O3/c1-7-9(10(15)13-8(2)12-7)11(16)14-3-5-17-6-4-14/h3-6H2,1-2H3,(H,12,13,15). The molecule has 1 aliphatic heterocycles. The van der Waals surface area contributed by atoms with Gasteiger partial charge in [0.2, 0.25) is 0 Å². The van der Waals surface area contributed by atoms with Crippen molar-refractivity contribution in [3.8, 4) is 0 Å². The van der Waals surface area contributed by atoms with Crippen LogP contribution in [-0.4, -0.2) is 47.1 Å². The number of carbonyl (C=O) groups is 1. The van der Waals surface area contributed by atoms with Crippen LogP contribution in [0.1, 0.15) is 21.9 Å². The van der Waals surface area contributed by atoms with Crippen LogP contribution >= 0.6 is 0 Å². The van der Waals surface area contributed by atoms with E-state index in [9.17, 15) is 9.59 Å². The van der Waals surface area contributed by atoms with Gasteiger partial charge in [-0.1, -0.05) is 0 Å². The van der Waals surface area contributed by atoms with Crippen LogP contribution in [0.25, 0.3) is 0 Å². The molecule has 0 radical (unpaired) electrons. The average Bonchev–Trinajstić information content (AvgIpc) is 2.28. The molecular weight excluding hydrogens is 222 g/mol. The van der Waals surface area contributed by atoms with Gasteiger partial charge in [0.25, 0.3) is 11.5 Å². The van der Waals surface area contributed by atoms with E-state index in [-0.39, 0.29) is 17.0 Å². The fourth-order valence-electron chi connectivity index (χ4n) is 1.90. The van der Waals surface area contributed by atoms with Gasteiger partial charge in [-0.15, -0.1) is 0 Å². The maximum Gasteiger partial charge on any atom is 0.264 e. The Kier molecular flexibility index (Phi) is 3.23. The van der Waals surface area contributed by atoms with Crippen molar-refractivity contribution in [3.63, 3.8) is 0 Å². The van der Waals surface area contributed by atoms with Gasteiger partial charge in [0.05, 0.1) is 18.9 Å². The van der Waals surface area contributed by atoms with Crippen LogP contribution in [0.15, 0.2) is 4.79 Å². The number of nitrogens with one attached hydrogen (secondary N) is 1. The van der Waals surface area contributed by atoms with Gasteiger partial charge in [-0.05, 0) is 13.8 Å². The zero-order valence-electron chi connectivity index (χ0n) is 9.95. The van der Waals surface area contributed by atoms with Crippen LogP contribution < -0.4 is 5.56 Å². The number of hydrogen-bond acceptors (Lipinski definition) is 4. The molecule has 0 aromatic carbocycles. The van der Waals surface area contributed by atoms with E-state index in [0.717, 1.165) is 0 Å². The Morgan fingerprint density at radius 1 is 1.35 bits per heavy atom. The van der Waals surface area contributed by atoms with Crippen LogP contribution in [0.4, 0.5) is 0 Å². The van der Waals surface area contributed by atoms with Crippen molar-refractivity contribution < 1.29 is 9.53 Å². The number of aryl methyl sites for hydroxylation is 2. The second kappa shape index (κ2) is 4.67. The number of nitrogens with zero attached hydrogens (tertiary/aromatic N) is 2. The SMILES string of the molecule is Cc1nc(C)c(C(=O)N2CCOCC2)c(=O)[nH]1. The van der Waals surface area contributed by atoms with Crippen molar-refractivity contribution in [2.24, 2.45) is 0 Å². The first kappa shape index (κ1) is 11.8. The molecule has 1 aromatic heterocycles. The summed E-state index contributed by atoms with van der Waals surface area (Å²) in [4.78, 5) is 32.2. The van der Waals surface area contributed by atoms with Crippen molar-refractivity contribution in [1.29, 1.82) is 0 Å². The number of aromatic amines is 1. The minimum atomic E-state index is -0.369. The molecule has 1 N–H and O–H groups in total. The van der Waals surface area contributed by atoms with Crippen LogP contribution in [0.3, 0.4) is 0 Å². The minimum absolute atomic E-state index is 0.137. The van der Waals surface area contributed by atoms with E-state index in [4.69, 9.17) is 4.74 Å². The van der Waals surface area contributed by atoms with Gasteiger partial charge in [0, 0.05) is 13.1 Å². The summed E-state index contributed by atoms with van der Waals surface area (Å²) in [6, 6.07) is 0. The molecule has 0 bridgehead atoms. The average molecular weight is 237 g/mol. The largest absolute Gasteiger partial charge is 0.378 e. The number of amides is 1. The molecule has 2 heterocycles. The smallest absolute Gasteiger partial charge is 0.264 e. The lowest BCUT2D eigenvalue weighted by Crippen LogP contribution is -2.43. The van der Waals surface area contributed by atoms with Gasteiger partial charge in [-0.2, -0.15) is 0 Å². The van der Waals surface area contributed by atoms with E-state index in [0.29, 0.717) is 37.8 Å². The molecule has 17 heavy (non-hydrogen) atoms. The Labute approximate surface area is 98.6 Å². The Balaban J connectivity index is 2.33. The molecule has 0 spiro atoms. The van der Waals surface area contributed by atoms with Gasteiger partial charge in [0.1, 0.15) is 11.4 Å². The third-order valence-electron chi connectivity index (χ3n) is 2.73. The second-order valence-electron chi connectivity index (χ2n) is 4.02. The van der Waals surface area contributed by atoms with Crippen LogP contribution in [0, 0.1) is 13.8 Å². The zero-order chi connectivity index (χ0) is 12.4. The summed E-state index contributed by atoms with van der Waals surface area (Å²) in [7, 11) is 0. The van der Waals surface area contributed by atoms with Crippen molar-refractivity contribution in [1.82, 2.24) is 14.9 Å². The molecule has 1 fully saturated rings. The molecule has 6 nitrogen and oxygen atoms in total. The lowest BCUT2D eigenvalue weighted by molar-refractivity contribution is 0.0300. The Hall–Kier alpha value is -1.69. The molecule has 1 aliphatic rings. The van der Waals surface area contributed by atoms with Gasteiger partial charge in [0.15, 0.2) is 0 Å². The lowest BCUT2D eigenvalue weighted by atomic mass is 10.2. The van der Waals surface area contributed by atoms with E-state index in [2.05, 4.69) is 9.97 Å². The highest BCUT2D eigenvalue weighted by Gasteiger charge is 2.23. The fraction of sp³-hybridized carbons (Fsp3) is 0.545. The fourth-order valence-corrected chi connectivity index (χ4v) is 1.90. The molecule has 0 aliphatic carbocycles. The van der Waals surface area contributed by atoms with E-state index in [1.807, 2.05) is 0 Å². The van der Waals surface area contributed by atoms with Crippen LogP contribution in [-0.2, 0) is 4.74 Å². The molecule has 6 heteroatoms. The van der Waals surface area contributed by atoms with E-state index in [1.165, 1.54) is 0 Å². The van der Waals surface area contributed by atoms with Crippen molar-refractivity contribution >= 4 is 5.91 Å². The summed E-state index contributed by atoms with van der Waals surface area (Å²) in [5.74, 6) is 0.255. The molecule has 0 atom stereocenters. The molecule has 1 aromatic rings. The lowest BCUT2D eigenvalue weighted by Gasteiger charge is -2.26. The van der Waals surface area contributed by atoms with Gasteiger partial charge in [-0.25, -0.2) is 4.98 Å². The predicted octanol–water partition coefficient (Wildman–Crippen LogP) is -0.141. The Morgan fingerprint density at radius 2 is 2.00 bits per heavy atom. The van der Waals surface area contributed by atoms with Crippen molar-refractivity contribution in [3.05, 3.63) is 27.4 Å². The molecule has 1 amide bonds. The molecule has 1 saturated heterocycles. The summed E-state index contributed by atoms with van der Waals surface area (Å²) in [6.45, 7) is 5.44. The van der Waals surface area contributed by atoms with Gasteiger partial charge >= 0.3 is 0 Å². The Morgan fingerprint density at radius 3 is 2.59 bits per heavy atom. The first-order valence-electron chi connectivity index (χ1n) is 5.54. The number of H-pyrrole nitrogens is 1. The topological polar surface area (TPSA) is 75.3 Å². The maximum absolute atomic E-state index is 12.2. The van der Waals surface area contributed by atoms with Crippen LogP contribution in [0.5, 0.6) is 0 Å². The first-order chi connectivity index (χ1) is 8.09. The van der Waals surface area contributed by atoms with E-state index < -0.39 is 0 Å². The summed E-state index contributed by atoms with van der Waals surface area (Å²) in [5, 5.41) is 0. The second-order valence-corrected chi connectivity index (χ2v) is 4.02. The number of ether oxygens (including phenoxy) is 1. The molecule has 2 rings (SSSR count). The summed E-state index contributed by atoms with van der Waals surface area (Å²) < 4.78 is 5.17. The summed E-state index contributed by atoms with van der Waals surface area (Å²) >= 11 is 0. The Bertz CT molecular complexity index is 489. The highest BCUT2D eigenvalue weighted by molar-refractivity contribution is 5.94. The van der Waals surface area contributed by atoms with E-state index in [1.54, 1.807) is 18.7 Å². The maximum atomic E-state index is 12.2. The molecule has 0 unspecified atom stereocenters. The third-order valence-corrected chi connectivity index (χ3v) is 2.73. The van der Waals surface area contributed by atoms with Gasteiger partial charge < -0.3 is 14.6 Å². The molecule has 92 valence electrons. The summed E-state index contributed by atoms with van der Waals surface area (Å²) in [5.41, 5.74) is 0.242. The van der Waals surface area contributed by atoms with E-state index >= 15 is 0 Å². The zero-order valence-corrected chi connectivity index (χ0v) is 9.95. The highest BCUT2D eigenvalue weighted by Crippen LogP contribution is 2.06. The normalized spacial score (nSPS) is 16.0. The monoisotopic (exact) mass is 237 g/mol. The highest BCUT2D eigenvalue weighted by atomic mass is 16.5. The number of carbonyl (C=O) groups excluding carboxylic acids is 1. The molecular formula is C11H15N3O3. The van der Waals surface area contributed by atoms with Crippen molar-refractivity contribution in [2.75, 3.05) is 26.3 Å². The quantitative estimate of drug-likeness (QED) is 0.737. The van der Waals surface area contributed by atoms with Crippen LogP contribution in [0.2, 0.25) is 0 Å². The minimum Gasteiger partial charge on any atom is -0.378 e. The first-order valence-corrected chi connectivity index (χ1v) is 5.54. The van der Waals surface area contributed by atoms with Crippen molar-refractivity contribution in [2.45, 2.75) is 13.8 Å². The molecule has 0 saturated carbocycles. The predicted molar refractivity (Wildman–Crippen MR) is 61.1 cm³/mol.